The quantitative estimate of drug-likeness (QED) is 0.553. The second kappa shape index (κ2) is 8.66. The van der Waals surface area contributed by atoms with Crippen molar-refractivity contribution in [3.05, 3.63) is 59.7 Å². The van der Waals surface area contributed by atoms with E-state index >= 15 is 0 Å². The van der Waals surface area contributed by atoms with Crippen molar-refractivity contribution in [2.75, 3.05) is 26.3 Å². The summed E-state index contributed by atoms with van der Waals surface area (Å²) in [6.07, 6.45) is 0. The number of hydrogen-bond acceptors (Lipinski definition) is 7. The van der Waals surface area contributed by atoms with Crippen LogP contribution in [0.15, 0.2) is 63.1 Å². The Balaban J connectivity index is 1.51. The third-order valence-corrected chi connectivity index (χ3v) is 7.47. The first kappa shape index (κ1) is 20.1. The number of benzene rings is 2. The molecular formula is C20H21N3O4S2. The van der Waals surface area contributed by atoms with Gasteiger partial charge in [0.15, 0.2) is 0 Å². The average molecular weight is 432 g/mol. The van der Waals surface area contributed by atoms with Crippen LogP contribution >= 0.6 is 11.8 Å². The van der Waals surface area contributed by atoms with E-state index in [0.717, 1.165) is 5.75 Å². The summed E-state index contributed by atoms with van der Waals surface area (Å²) in [5.74, 6) is 1.02. The first-order chi connectivity index (χ1) is 14.0. The summed E-state index contributed by atoms with van der Waals surface area (Å²) in [5.41, 5.74) is 2.99. The maximum absolute atomic E-state index is 12.9. The molecule has 0 unspecified atom stereocenters. The summed E-state index contributed by atoms with van der Waals surface area (Å²) >= 11 is 1.46. The van der Waals surface area contributed by atoms with Gasteiger partial charge in [-0.15, -0.1) is 10.2 Å². The average Bonchev–Trinajstić information content (AvgIpc) is 3.23. The Hall–Kier alpha value is -2.20. The van der Waals surface area contributed by atoms with Crippen molar-refractivity contribution in [1.29, 1.82) is 0 Å². The maximum Gasteiger partial charge on any atom is 0.277 e. The van der Waals surface area contributed by atoms with E-state index in [9.17, 15) is 8.42 Å². The third kappa shape index (κ3) is 4.53. The number of rotatable bonds is 6. The van der Waals surface area contributed by atoms with Gasteiger partial charge in [-0.1, -0.05) is 42.1 Å². The summed E-state index contributed by atoms with van der Waals surface area (Å²) in [7, 11) is -3.58. The van der Waals surface area contributed by atoms with Crippen LogP contribution in [0.5, 0.6) is 0 Å². The van der Waals surface area contributed by atoms with Gasteiger partial charge in [-0.3, -0.25) is 0 Å². The summed E-state index contributed by atoms with van der Waals surface area (Å²) in [6.45, 7) is 3.59. The Morgan fingerprint density at radius 1 is 1.07 bits per heavy atom. The van der Waals surface area contributed by atoms with Gasteiger partial charge in [-0.05, 0) is 36.2 Å². The number of nitrogens with zero attached hydrogens (tertiary/aromatic N) is 3. The third-order valence-electron chi connectivity index (χ3n) is 4.71. The molecule has 1 aliphatic rings. The molecule has 29 heavy (non-hydrogen) atoms. The van der Waals surface area contributed by atoms with Gasteiger partial charge in [0.1, 0.15) is 0 Å². The molecule has 3 aromatic rings. The molecule has 0 bridgehead atoms. The van der Waals surface area contributed by atoms with Gasteiger partial charge in [-0.2, -0.15) is 4.31 Å². The molecule has 1 aromatic heterocycles. The standard InChI is InChI=1S/C20H21N3O4S2/c1-15-5-2-3-6-17(15)14-28-20-22-21-19(27-20)16-7-4-8-18(13-16)29(24,25)23-9-11-26-12-10-23/h2-8,13H,9-12,14H2,1H3. The Labute approximate surface area is 174 Å². The van der Waals surface area contributed by atoms with E-state index in [1.165, 1.54) is 27.2 Å². The van der Waals surface area contributed by atoms with Gasteiger partial charge in [0.25, 0.3) is 5.22 Å². The van der Waals surface area contributed by atoms with E-state index in [0.29, 0.717) is 43.0 Å². The van der Waals surface area contributed by atoms with Gasteiger partial charge in [0, 0.05) is 24.4 Å². The number of aryl methyl sites for hydroxylation is 1. The van der Waals surface area contributed by atoms with Crippen molar-refractivity contribution < 1.29 is 17.6 Å². The number of sulfonamides is 1. The largest absolute Gasteiger partial charge is 0.411 e. The van der Waals surface area contributed by atoms with E-state index in [1.54, 1.807) is 24.3 Å². The predicted molar refractivity (Wildman–Crippen MR) is 110 cm³/mol. The molecule has 1 aliphatic heterocycles. The van der Waals surface area contributed by atoms with Crippen LogP contribution in [0.1, 0.15) is 11.1 Å². The smallest absolute Gasteiger partial charge is 0.277 e. The fraction of sp³-hybridized carbons (Fsp3) is 0.300. The van der Waals surface area contributed by atoms with Gasteiger partial charge < -0.3 is 9.15 Å². The van der Waals surface area contributed by atoms with Crippen molar-refractivity contribution in [3.8, 4) is 11.5 Å². The second-order valence-corrected chi connectivity index (χ2v) is 9.50. The molecule has 0 atom stereocenters. The molecule has 0 amide bonds. The van der Waals surface area contributed by atoms with Crippen LogP contribution < -0.4 is 0 Å². The minimum atomic E-state index is -3.58. The van der Waals surface area contributed by atoms with Gasteiger partial charge >= 0.3 is 0 Å². The zero-order valence-electron chi connectivity index (χ0n) is 15.9. The maximum atomic E-state index is 12.9. The highest BCUT2D eigenvalue weighted by atomic mass is 32.2. The molecule has 0 radical (unpaired) electrons. The molecule has 0 saturated carbocycles. The molecule has 9 heteroatoms. The van der Waals surface area contributed by atoms with Gasteiger partial charge in [0.2, 0.25) is 15.9 Å². The SMILES string of the molecule is Cc1ccccc1CSc1nnc(-c2cccc(S(=O)(=O)N3CCOCC3)c2)o1. The van der Waals surface area contributed by atoms with Crippen molar-refractivity contribution >= 4 is 21.8 Å². The number of ether oxygens (including phenoxy) is 1. The molecule has 0 aliphatic carbocycles. The monoisotopic (exact) mass is 431 g/mol. The zero-order valence-corrected chi connectivity index (χ0v) is 17.6. The topological polar surface area (TPSA) is 85.5 Å². The second-order valence-electron chi connectivity index (χ2n) is 6.63. The molecule has 0 N–H and O–H groups in total. The lowest BCUT2D eigenvalue weighted by molar-refractivity contribution is 0.0730. The highest BCUT2D eigenvalue weighted by Gasteiger charge is 2.26. The van der Waals surface area contributed by atoms with Crippen LogP contribution in [0.2, 0.25) is 0 Å². The molecular weight excluding hydrogens is 410 g/mol. The lowest BCUT2D eigenvalue weighted by Crippen LogP contribution is -2.40. The fourth-order valence-electron chi connectivity index (χ4n) is 3.02. The number of morpholine rings is 1. The Morgan fingerprint density at radius 3 is 2.66 bits per heavy atom. The normalized spacial score (nSPS) is 15.5. The van der Waals surface area contributed by atoms with Crippen LogP contribution in [0.3, 0.4) is 0 Å². The number of thioether (sulfide) groups is 1. The van der Waals surface area contributed by atoms with Crippen LogP contribution in [-0.4, -0.2) is 49.2 Å². The highest BCUT2D eigenvalue weighted by molar-refractivity contribution is 7.98. The Bertz CT molecular complexity index is 1090. The van der Waals surface area contributed by atoms with Crippen molar-refractivity contribution in [2.24, 2.45) is 0 Å². The lowest BCUT2D eigenvalue weighted by atomic mass is 10.1. The van der Waals surface area contributed by atoms with Crippen molar-refractivity contribution in [3.63, 3.8) is 0 Å². The van der Waals surface area contributed by atoms with E-state index in [-0.39, 0.29) is 4.90 Å². The summed E-state index contributed by atoms with van der Waals surface area (Å²) in [5, 5.41) is 8.63. The molecule has 1 saturated heterocycles. The van der Waals surface area contributed by atoms with Gasteiger partial charge in [-0.25, -0.2) is 8.42 Å². The predicted octanol–water partition coefficient (Wildman–Crippen LogP) is 3.36. The van der Waals surface area contributed by atoms with E-state index in [1.807, 2.05) is 12.1 Å². The Morgan fingerprint density at radius 2 is 1.86 bits per heavy atom. The number of aromatic nitrogens is 2. The highest BCUT2D eigenvalue weighted by Crippen LogP contribution is 2.28. The van der Waals surface area contributed by atoms with Crippen LogP contribution in [0.4, 0.5) is 0 Å². The molecule has 2 heterocycles. The summed E-state index contributed by atoms with van der Waals surface area (Å²) in [4.78, 5) is 0.212. The molecule has 1 fully saturated rings. The number of hydrogen-bond donors (Lipinski definition) is 0. The van der Waals surface area contributed by atoms with Crippen molar-refractivity contribution in [1.82, 2.24) is 14.5 Å². The molecule has 152 valence electrons. The molecule has 2 aromatic carbocycles. The first-order valence-electron chi connectivity index (χ1n) is 9.23. The summed E-state index contributed by atoms with van der Waals surface area (Å²) < 4.78 is 38.2. The van der Waals surface area contributed by atoms with E-state index < -0.39 is 10.0 Å². The van der Waals surface area contributed by atoms with E-state index in [4.69, 9.17) is 9.15 Å². The molecule has 0 spiro atoms. The van der Waals surface area contributed by atoms with Crippen LogP contribution in [0, 0.1) is 6.92 Å². The molecule has 4 rings (SSSR count). The van der Waals surface area contributed by atoms with Crippen LogP contribution in [-0.2, 0) is 20.5 Å². The molecule has 7 nitrogen and oxygen atoms in total. The first-order valence-corrected chi connectivity index (χ1v) is 11.7. The minimum Gasteiger partial charge on any atom is -0.411 e. The van der Waals surface area contributed by atoms with Gasteiger partial charge in [0.05, 0.1) is 18.1 Å². The lowest BCUT2D eigenvalue weighted by Gasteiger charge is -2.26. The van der Waals surface area contributed by atoms with Crippen molar-refractivity contribution in [2.45, 2.75) is 22.8 Å². The Kier molecular flexibility index (Phi) is 6.00. The summed E-state index contributed by atoms with van der Waals surface area (Å²) in [6, 6.07) is 14.8. The van der Waals surface area contributed by atoms with Crippen LogP contribution in [0.25, 0.3) is 11.5 Å². The van der Waals surface area contributed by atoms with E-state index in [2.05, 4.69) is 29.3 Å². The zero-order chi connectivity index (χ0) is 20.3. The fourth-order valence-corrected chi connectivity index (χ4v) is 5.32. The minimum absolute atomic E-state index is 0.212.